The lowest BCUT2D eigenvalue weighted by atomic mass is 10.1. The van der Waals surface area contributed by atoms with Crippen molar-refractivity contribution in [1.29, 1.82) is 0 Å². The molecule has 2 heteroatoms. The van der Waals surface area contributed by atoms with Crippen LogP contribution < -0.4 is 4.74 Å². The number of rotatable bonds is 7. The van der Waals surface area contributed by atoms with Gasteiger partial charge in [-0.3, -0.25) is 0 Å². The monoisotopic (exact) mass is 399 g/mol. The molecule has 1 aromatic heterocycles. The van der Waals surface area contributed by atoms with Gasteiger partial charge in [-0.05, 0) is 53.9 Å². The van der Waals surface area contributed by atoms with Crippen LogP contribution in [0, 0.1) is 6.92 Å². The third kappa shape index (κ3) is 6.00. The van der Waals surface area contributed by atoms with Crippen LogP contribution in [0.15, 0.2) is 78.9 Å². The molecule has 0 fully saturated rings. The molecule has 0 unspecified atom stereocenters. The summed E-state index contributed by atoms with van der Waals surface area (Å²) in [5.41, 5.74) is 5.79. The van der Waals surface area contributed by atoms with E-state index in [1.165, 1.54) is 42.2 Å². The number of hydrogen-bond acceptors (Lipinski definition) is 1. The van der Waals surface area contributed by atoms with Crippen LogP contribution in [0.5, 0.6) is 5.75 Å². The zero-order valence-electron chi connectivity index (χ0n) is 18.4. The van der Waals surface area contributed by atoms with E-state index in [9.17, 15) is 0 Å². The fourth-order valence-corrected chi connectivity index (χ4v) is 3.44. The number of nitrogens with one attached hydrogen (secondary N) is 1. The van der Waals surface area contributed by atoms with Gasteiger partial charge in [0.15, 0.2) is 0 Å². The predicted molar refractivity (Wildman–Crippen MR) is 129 cm³/mol. The first-order valence-corrected chi connectivity index (χ1v) is 11.1. The van der Waals surface area contributed by atoms with Gasteiger partial charge in [0.2, 0.25) is 0 Å². The van der Waals surface area contributed by atoms with Gasteiger partial charge in [-0.25, -0.2) is 0 Å². The van der Waals surface area contributed by atoms with Gasteiger partial charge in [-0.1, -0.05) is 88.1 Å². The zero-order valence-corrected chi connectivity index (χ0v) is 18.4. The summed E-state index contributed by atoms with van der Waals surface area (Å²) >= 11 is 0. The minimum atomic E-state index is 0.591. The third-order valence-corrected chi connectivity index (χ3v) is 5.21. The Labute approximate surface area is 180 Å². The van der Waals surface area contributed by atoms with E-state index in [4.69, 9.17) is 4.74 Å². The first-order chi connectivity index (χ1) is 14.7. The van der Waals surface area contributed by atoms with Crippen molar-refractivity contribution < 1.29 is 4.74 Å². The maximum Gasteiger partial charge on any atom is 0.122 e. The molecule has 156 valence electrons. The number of benzene rings is 3. The Morgan fingerprint density at radius 1 is 0.767 bits per heavy atom. The van der Waals surface area contributed by atoms with Crippen molar-refractivity contribution in [3.63, 3.8) is 0 Å². The van der Waals surface area contributed by atoms with Crippen molar-refractivity contribution in [3.8, 4) is 17.0 Å². The second-order valence-electron chi connectivity index (χ2n) is 7.73. The van der Waals surface area contributed by atoms with Gasteiger partial charge in [0.05, 0.1) is 0 Å². The number of fused-ring (bicyclic) bond motifs is 1. The molecule has 0 bridgehead atoms. The van der Waals surface area contributed by atoms with Crippen molar-refractivity contribution in [2.45, 2.75) is 53.1 Å². The van der Waals surface area contributed by atoms with Crippen LogP contribution in [0.1, 0.15) is 50.7 Å². The smallest absolute Gasteiger partial charge is 0.122 e. The first kappa shape index (κ1) is 21.7. The number of aryl methyl sites for hydroxylation is 1. The topological polar surface area (TPSA) is 25.0 Å². The van der Waals surface area contributed by atoms with E-state index < -0.39 is 0 Å². The van der Waals surface area contributed by atoms with E-state index in [0.29, 0.717) is 6.61 Å². The average Bonchev–Trinajstić information content (AvgIpc) is 3.22. The largest absolute Gasteiger partial charge is 0.489 e. The van der Waals surface area contributed by atoms with Crippen molar-refractivity contribution in [3.05, 3.63) is 90.0 Å². The van der Waals surface area contributed by atoms with Gasteiger partial charge in [-0.15, -0.1) is 0 Å². The van der Waals surface area contributed by atoms with Crippen LogP contribution in [-0.2, 0) is 6.61 Å². The second-order valence-corrected chi connectivity index (χ2v) is 7.73. The highest BCUT2D eigenvalue weighted by molar-refractivity contribution is 5.85. The number of aromatic nitrogens is 1. The van der Waals surface area contributed by atoms with Crippen LogP contribution in [0.4, 0.5) is 0 Å². The van der Waals surface area contributed by atoms with E-state index in [2.05, 4.69) is 80.4 Å². The molecule has 1 N–H and O–H groups in total. The molecule has 1 heterocycles. The van der Waals surface area contributed by atoms with E-state index in [-0.39, 0.29) is 0 Å². The molecule has 4 rings (SSSR count). The summed E-state index contributed by atoms with van der Waals surface area (Å²) in [6, 6.07) is 27.1. The van der Waals surface area contributed by atoms with Crippen LogP contribution in [0.25, 0.3) is 22.2 Å². The fraction of sp³-hybridized carbons (Fsp3) is 0.286. The molecule has 0 aliphatic rings. The molecule has 0 radical (unpaired) electrons. The minimum absolute atomic E-state index is 0.591. The van der Waals surface area contributed by atoms with Crippen LogP contribution in [0.2, 0.25) is 0 Å². The quantitative estimate of drug-likeness (QED) is 0.311. The lowest BCUT2D eigenvalue weighted by Gasteiger charge is -2.10. The van der Waals surface area contributed by atoms with Crippen LogP contribution in [0.3, 0.4) is 0 Å². The Kier molecular flexibility index (Phi) is 8.14. The maximum absolute atomic E-state index is 5.96. The second kappa shape index (κ2) is 11.3. The summed E-state index contributed by atoms with van der Waals surface area (Å²) < 4.78 is 5.96. The van der Waals surface area contributed by atoms with Gasteiger partial charge in [0.1, 0.15) is 12.4 Å². The lowest BCUT2D eigenvalue weighted by molar-refractivity contribution is 0.304. The standard InChI is InChI=1S/C22H19NO.C6H14/c1-16-13-19(21-14-18-9-5-6-10-20(18)23-21)11-12-22(16)24-15-17-7-3-2-4-8-17;1-3-5-6-4-2/h2-14,23H,15H2,1H3;3-6H2,1-2H3. The molecule has 30 heavy (non-hydrogen) atoms. The number of unbranched alkanes of at least 4 members (excludes halogenated alkanes) is 3. The Morgan fingerprint density at radius 2 is 1.47 bits per heavy atom. The lowest BCUT2D eigenvalue weighted by Crippen LogP contribution is -1.96. The fourth-order valence-electron chi connectivity index (χ4n) is 3.44. The number of hydrogen-bond donors (Lipinski definition) is 1. The highest BCUT2D eigenvalue weighted by atomic mass is 16.5. The van der Waals surface area contributed by atoms with E-state index >= 15 is 0 Å². The summed E-state index contributed by atoms with van der Waals surface area (Å²) in [4.78, 5) is 3.48. The molecule has 3 aromatic carbocycles. The molecule has 0 saturated heterocycles. The molecule has 0 amide bonds. The number of ether oxygens (including phenoxy) is 1. The number of H-pyrrole nitrogens is 1. The van der Waals surface area contributed by atoms with E-state index in [1.807, 2.05) is 24.3 Å². The first-order valence-electron chi connectivity index (χ1n) is 11.1. The van der Waals surface area contributed by atoms with Crippen molar-refractivity contribution in [2.75, 3.05) is 0 Å². The number of aromatic amines is 1. The molecular weight excluding hydrogens is 366 g/mol. The van der Waals surface area contributed by atoms with Gasteiger partial charge in [-0.2, -0.15) is 0 Å². The summed E-state index contributed by atoms with van der Waals surface area (Å²) in [5.74, 6) is 0.929. The Hall–Kier alpha value is -3.00. The highest BCUT2D eigenvalue weighted by Crippen LogP contribution is 2.28. The van der Waals surface area contributed by atoms with Crippen molar-refractivity contribution in [1.82, 2.24) is 4.98 Å². The number of para-hydroxylation sites is 1. The summed E-state index contributed by atoms with van der Waals surface area (Å²) in [6.07, 6.45) is 5.54. The van der Waals surface area contributed by atoms with Gasteiger partial charge in [0, 0.05) is 16.6 Å². The molecule has 0 saturated carbocycles. The maximum atomic E-state index is 5.96. The molecule has 0 spiro atoms. The summed E-state index contributed by atoms with van der Waals surface area (Å²) in [7, 11) is 0. The Balaban J connectivity index is 0.000000377. The minimum Gasteiger partial charge on any atom is -0.489 e. The average molecular weight is 400 g/mol. The van der Waals surface area contributed by atoms with E-state index in [0.717, 1.165) is 22.5 Å². The molecule has 4 aromatic rings. The Morgan fingerprint density at radius 3 is 2.13 bits per heavy atom. The van der Waals surface area contributed by atoms with Crippen LogP contribution in [-0.4, -0.2) is 4.98 Å². The van der Waals surface area contributed by atoms with E-state index in [1.54, 1.807) is 0 Å². The van der Waals surface area contributed by atoms with Crippen molar-refractivity contribution >= 4 is 10.9 Å². The predicted octanol–water partition coefficient (Wildman–Crippen LogP) is 8.31. The Bertz CT molecular complexity index is 996. The third-order valence-electron chi connectivity index (χ3n) is 5.21. The SMILES string of the molecule is CCCCCC.Cc1cc(-c2cc3ccccc3[nH]2)ccc1OCc1ccccc1. The summed E-state index contributed by atoms with van der Waals surface area (Å²) in [6.45, 7) is 7.14. The summed E-state index contributed by atoms with van der Waals surface area (Å²) in [5, 5.41) is 1.23. The highest BCUT2D eigenvalue weighted by Gasteiger charge is 2.06. The van der Waals surface area contributed by atoms with Crippen LogP contribution >= 0.6 is 0 Å². The van der Waals surface area contributed by atoms with Gasteiger partial charge in [0.25, 0.3) is 0 Å². The van der Waals surface area contributed by atoms with Gasteiger partial charge >= 0.3 is 0 Å². The molecule has 0 atom stereocenters. The molecule has 2 nitrogen and oxygen atoms in total. The molecule has 0 aliphatic carbocycles. The molecule has 0 aliphatic heterocycles. The normalized spacial score (nSPS) is 10.5. The van der Waals surface area contributed by atoms with Gasteiger partial charge < -0.3 is 9.72 Å². The van der Waals surface area contributed by atoms with Crippen molar-refractivity contribution in [2.24, 2.45) is 0 Å². The zero-order chi connectivity index (χ0) is 21.2. The molecular formula is C28H33NO.